The summed E-state index contributed by atoms with van der Waals surface area (Å²) in [6, 6.07) is 9.67. The van der Waals surface area contributed by atoms with Gasteiger partial charge in [0.25, 0.3) is 0 Å². The van der Waals surface area contributed by atoms with Gasteiger partial charge in [-0.25, -0.2) is 4.98 Å². The van der Waals surface area contributed by atoms with E-state index >= 15 is 0 Å². The predicted octanol–water partition coefficient (Wildman–Crippen LogP) is 2.08. The number of nitriles is 1. The lowest BCUT2D eigenvalue weighted by Gasteiger charge is -2.31. The lowest BCUT2D eigenvalue weighted by atomic mass is 10.1. The number of benzene rings is 1. The molecule has 33 heavy (non-hydrogen) atoms. The third kappa shape index (κ3) is 4.26. The van der Waals surface area contributed by atoms with Crippen LogP contribution >= 0.6 is 0 Å². The average Bonchev–Trinajstić information content (AvgIpc) is 3.55. The van der Waals surface area contributed by atoms with Gasteiger partial charge in [-0.1, -0.05) is 0 Å². The van der Waals surface area contributed by atoms with Crippen molar-refractivity contribution in [3.63, 3.8) is 0 Å². The van der Waals surface area contributed by atoms with Crippen molar-refractivity contribution in [3.8, 4) is 23.4 Å². The minimum Gasteiger partial charge on any atom is -0.490 e. The number of aromatic nitrogens is 1. The Balaban J connectivity index is 1.32. The van der Waals surface area contributed by atoms with E-state index in [-0.39, 0.29) is 17.9 Å². The molecule has 3 aliphatic heterocycles. The van der Waals surface area contributed by atoms with Crippen LogP contribution < -0.4 is 24.4 Å². The van der Waals surface area contributed by atoms with Crippen molar-refractivity contribution in [2.75, 3.05) is 51.3 Å². The van der Waals surface area contributed by atoms with E-state index in [0.29, 0.717) is 31.1 Å². The molecule has 1 amide bonds. The van der Waals surface area contributed by atoms with Gasteiger partial charge in [0.05, 0.1) is 43.7 Å². The van der Waals surface area contributed by atoms with Crippen LogP contribution in [-0.2, 0) is 4.79 Å². The molecule has 2 atom stereocenters. The van der Waals surface area contributed by atoms with Crippen LogP contribution in [0.4, 0.5) is 11.4 Å². The quantitative estimate of drug-likeness (QED) is 0.741. The highest BCUT2D eigenvalue weighted by Crippen LogP contribution is 2.40. The van der Waals surface area contributed by atoms with E-state index in [1.165, 1.54) is 7.11 Å². The molecule has 0 unspecified atom stereocenters. The first kappa shape index (κ1) is 21.3. The number of amides is 1. The smallest absolute Gasteiger partial charge is 0.231 e. The van der Waals surface area contributed by atoms with Crippen LogP contribution in [0.3, 0.4) is 0 Å². The maximum Gasteiger partial charge on any atom is 0.231 e. The number of anilines is 2. The van der Waals surface area contributed by atoms with Crippen LogP contribution in [0.25, 0.3) is 0 Å². The second kappa shape index (κ2) is 9.16. The van der Waals surface area contributed by atoms with Crippen LogP contribution in [0.5, 0.6) is 17.4 Å². The number of carbonyl (C=O) groups excluding carboxylic acids is 1. The number of methoxy groups -OCH3 is 1. The highest BCUT2D eigenvalue weighted by Gasteiger charge is 2.33. The van der Waals surface area contributed by atoms with Crippen molar-refractivity contribution in [2.24, 2.45) is 5.92 Å². The number of fused-ring (bicyclic) bond motifs is 1. The number of pyridine rings is 1. The van der Waals surface area contributed by atoms with Crippen LogP contribution in [0, 0.1) is 17.2 Å². The zero-order chi connectivity index (χ0) is 22.8. The van der Waals surface area contributed by atoms with Gasteiger partial charge in [-0.05, 0) is 31.2 Å². The van der Waals surface area contributed by atoms with Crippen molar-refractivity contribution in [1.29, 1.82) is 5.26 Å². The molecule has 0 bridgehead atoms. The van der Waals surface area contributed by atoms with Crippen LogP contribution in [0.2, 0.25) is 0 Å². The zero-order valence-corrected chi connectivity index (χ0v) is 18.6. The molecular weight excluding hydrogens is 422 g/mol. The van der Waals surface area contributed by atoms with E-state index in [1.54, 1.807) is 12.3 Å². The summed E-state index contributed by atoms with van der Waals surface area (Å²) in [5, 5.41) is 12.7. The number of carbonyl (C=O) groups is 1. The van der Waals surface area contributed by atoms with Crippen LogP contribution in [0.15, 0.2) is 30.5 Å². The fourth-order valence-electron chi connectivity index (χ4n) is 4.71. The maximum atomic E-state index is 12.7. The molecule has 2 saturated heterocycles. The molecular formula is C24H27N5O4. The topological polar surface area (TPSA) is 100.0 Å². The van der Waals surface area contributed by atoms with Gasteiger partial charge in [-0.15, -0.1) is 0 Å². The molecule has 2 aromatic rings. The molecule has 5 rings (SSSR count). The Kier molecular flexibility index (Phi) is 5.92. The van der Waals surface area contributed by atoms with Crippen molar-refractivity contribution in [2.45, 2.75) is 18.9 Å². The third-order valence-corrected chi connectivity index (χ3v) is 6.42. The number of nitrogens with one attached hydrogen (secondary N) is 1. The zero-order valence-electron chi connectivity index (χ0n) is 18.6. The second-order valence-corrected chi connectivity index (χ2v) is 8.49. The number of ether oxygens (including phenoxy) is 3. The lowest BCUT2D eigenvalue weighted by Crippen LogP contribution is -2.36. The number of rotatable bonds is 5. The van der Waals surface area contributed by atoms with E-state index in [2.05, 4.69) is 21.3 Å². The first-order valence-corrected chi connectivity index (χ1v) is 11.3. The highest BCUT2D eigenvalue weighted by molar-refractivity contribution is 5.79. The van der Waals surface area contributed by atoms with E-state index in [1.807, 2.05) is 23.1 Å². The lowest BCUT2D eigenvalue weighted by molar-refractivity contribution is -0.134. The first-order valence-electron chi connectivity index (χ1n) is 11.3. The molecule has 3 aliphatic rings. The Morgan fingerprint density at radius 1 is 1.30 bits per heavy atom. The summed E-state index contributed by atoms with van der Waals surface area (Å²) in [5.74, 6) is 2.11. The Morgan fingerprint density at radius 2 is 2.21 bits per heavy atom. The van der Waals surface area contributed by atoms with E-state index in [9.17, 15) is 10.1 Å². The molecule has 0 saturated carbocycles. The van der Waals surface area contributed by atoms with Gasteiger partial charge in [0, 0.05) is 25.6 Å². The summed E-state index contributed by atoms with van der Waals surface area (Å²) in [4.78, 5) is 21.0. The Labute approximate surface area is 192 Å². The second-order valence-electron chi connectivity index (χ2n) is 8.49. The van der Waals surface area contributed by atoms with Gasteiger partial charge in [0.2, 0.25) is 11.8 Å². The molecule has 0 spiro atoms. The summed E-state index contributed by atoms with van der Waals surface area (Å²) < 4.78 is 17.3. The summed E-state index contributed by atoms with van der Waals surface area (Å²) in [6.07, 6.45) is 3.39. The number of likely N-dealkylation sites (tertiary alicyclic amines) is 1. The van der Waals surface area contributed by atoms with Crippen LogP contribution in [0.1, 0.15) is 18.4 Å². The van der Waals surface area contributed by atoms with Crippen LogP contribution in [-0.4, -0.2) is 68.3 Å². The average molecular weight is 450 g/mol. The molecule has 1 aromatic heterocycles. The van der Waals surface area contributed by atoms with Gasteiger partial charge in [-0.3, -0.25) is 4.79 Å². The number of hydrogen-bond donors (Lipinski definition) is 1. The molecule has 9 heteroatoms. The molecule has 9 nitrogen and oxygen atoms in total. The van der Waals surface area contributed by atoms with Crippen molar-refractivity contribution in [3.05, 3.63) is 36.0 Å². The summed E-state index contributed by atoms with van der Waals surface area (Å²) in [7, 11) is 1.50. The standard InChI is InChI=1S/C24H27N5O4/c1-31-23-17(12-25)10-18(14-27-23)29-8-9-32-22-3-2-19(11-21(22)29)33-20-5-7-28(15-20)24(30)16-4-6-26-13-16/h2-3,10-11,14,16,20,26H,4-9,13,15H2,1H3/t16-,20+/m1/s1. The normalized spacial score (nSPS) is 21.8. The molecule has 0 radical (unpaired) electrons. The fraction of sp³-hybridized carbons (Fsp3) is 0.458. The largest absolute Gasteiger partial charge is 0.490 e. The van der Waals surface area contributed by atoms with Gasteiger partial charge in [0.15, 0.2) is 0 Å². The van der Waals surface area contributed by atoms with Crippen molar-refractivity contribution < 1.29 is 19.0 Å². The van der Waals surface area contributed by atoms with E-state index < -0.39 is 0 Å². The first-order chi connectivity index (χ1) is 16.2. The van der Waals surface area contributed by atoms with Gasteiger partial charge >= 0.3 is 0 Å². The molecule has 0 aliphatic carbocycles. The Hall–Kier alpha value is -3.51. The fourth-order valence-corrected chi connectivity index (χ4v) is 4.71. The third-order valence-electron chi connectivity index (χ3n) is 6.42. The summed E-state index contributed by atoms with van der Waals surface area (Å²) in [6.45, 7) is 4.18. The van der Waals surface area contributed by atoms with E-state index in [0.717, 1.165) is 55.3 Å². The molecule has 1 aromatic carbocycles. The summed E-state index contributed by atoms with van der Waals surface area (Å²) >= 11 is 0. The minimum atomic E-state index is -0.0350. The predicted molar refractivity (Wildman–Crippen MR) is 121 cm³/mol. The van der Waals surface area contributed by atoms with Crippen molar-refractivity contribution in [1.82, 2.24) is 15.2 Å². The Bertz CT molecular complexity index is 1080. The van der Waals surface area contributed by atoms with Crippen molar-refractivity contribution >= 4 is 17.3 Å². The number of hydrogen-bond acceptors (Lipinski definition) is 8. The minimum absolute atomic E-state index is 0.0350. The molecule has 172 valence electrons. The van der Waals surface area contributed by atoms with Gasteiger partial charge in [0.1, 0.15) is 35.8 Å². The maximum absolute atomic E-state index is 12.7. The highest BCUT2D eigenvalue weighted by atomic mass is 16.5. The Morgan fingerprint density at radius 3 is 3.00 bits per heavy atom. The molecule has 1 N–H and O–H groups in total. The molecule has 4 heterocycles. The summed E-state index contributed by atoms with van der Waals surface area (Å²) in [5.41, 5.74) is 2.03. The van der Waals surface area contributed by atoms with E-state index in [4.69, 9.17) is 14.2 Å². The van der Waals surface area contributed by atoms with Gasteiger partial charge in [-0.2, -0.15) is 5.26 Å². The molecule has 2 fully saturated rings. The SMILES string of the molecule is COc1ncc(N2CCOc3ccc(O[C@H]4CCN(C(=O)[C@@H]5CCNC5)C4)cc32)cc1C#N. The number of nitrogens with zero attached hydrogens (tertiary/aromatic N) is 4. The monoisotopic (exact) mass is 449 g/mol. The van der Waals surface area contributed by atoms with Gasteiger partial charge < -0.3 is 29.3 Å².